The molecule has 0 saturated heterocycles. The van der Waals surface area contributed by atoms with Gasteiger partial charge < -0.3 is 20.6 Å². The highest BCUT2D eigenvalue weighted by Crippen LogP contribution is 2.15. The molecule has 0 aliphatic carbocycles. The third-order valence-electron chi connectivity index (χ3n) is 8.99. The predicted octanol–water partition coefficient (Wildman–Crippen LogP) is 10.7. The van der Waals surface area contributed by atoms with Crippen LogP contribution in [0.25, 0.3) is 0 Å². The Hall–Kier alpha value is -1.17. The molecular weight excluding hydrogens is 558 g/mol. The van der Waals surface area contributed by atoms with Crippen molar-refractivity contribution in [2.75, 3.05) is 6.61 Å². The Morgan fingerprint density at radius 3 is 1.42 bits per heavy atom. The van der Waals surface area contributed by atoms with Gasteiger partial charge in [-0.05, 0) is 32.1 Å². The van der Waals surface area contributed by atoms with Crippen LogP contribution in [0.2, 0.25) is 0 Å². The molecule has 0 fully saturated rings. The molecule has 0 bridgehead atoms. The molecule has 0 saturated carbocycles. The summed E-state index contributed by atoms with van der Waals surface area (Å²) in [5, 5.41) is 33.1. The Balaban J connectivity index is 3.73. The molecule has 0 rings (SSSR count). The average molecular weight is 636 g/mol. The molecule has 0 aliphatic rings. The van der Waals surface area contributed by atoms with Crippen molar-refractivity contribution < 1.29 is 20.1 Å². The Morgan fingerprint density at radius 1 is 0.556 bits per heavy atom. The number of aliphatic hydroxyl groups is 3. The molecular formula is C40H77NO4. The second-order valence-electron chi connectivity index (χ2n) is 13.5. The Bertz CT molecular complexity index is 665. The maximum Gasteiger partial charge on any atom is 0.222 e. The summed E-state index contributed by atoms with van der Waals surface area (Å²) < 4.78 is 0. The van der Waals surface area contributed by atoms with Crippen LogP contribution < -0.4 is 5.32 Å². The number of rotatable bonds is 35. The number of carbonyl (C=O) groups is 1. The predicted molar refractivity (Wildman–Crippen MR) is 195 cm³/mol. The van der Waals surface area contributed by atoms with Crippen LogP contribution in [0.3, 0.4) is 0 Å². The van der Waals surface area contributed by atoms with Gasteiger partial charge in [-0.3, -0.25) is 4.79 Å². The van der Waals surface area contributed by atoms with Crippen LogP contribution in [-0.4, -0.2) is 46.1 Å². The highest BCUT2D eigenvalue weighted by Gasteiger charge is 2.20. The van der Waals surface area contributed by atoms with Gasteiger partial charge in [0.1, 0.15) is 0 Å². The van der Waals surface area contributed by atoms with Gasteiger partial charge in [0, 0.05) is 0 Å². The summed E-state index contributed by atoms with van der Waals surface area (Å²) in [6.45, 7) is 4.19. The van der Waals surface area contributed by atoms with Crippen LogP contribution in [0.5, 0.6) is 0 Å². The van der Waals surface area contributed by atoms with Gasteiger partial charge in [-0.15, -0.1) is 0 Å². The van der Waals surface area contributed by atoms with Crippen molar-refractivity contribution in [1.82, 2.24) is 5.32 Å². The lowest BCUT2D eigenvalue weighted by Gasteiger charge is -2.21. The van der Waals surface area contributed by atoms with Crippen LogP contribution in [0, 0.1) is 0 Å². The first-order chi connectivity index (χ1) is 22.0. The van der Waals surface area contributed by atoms with Crippen LogP contribution in [0.15, 0.2) is 24.3 Å². The van der Waals surface area contributed by atoms with Crippen LogP contribution >= 0.6 is 0 Å². The molecule has 266 valence electrons. The summed E-state index contributed by atoms with van der Waals surface area (Å²) in [6.07, 6.45) is 41.6. The van der Waals surface area contributed by atoms with Crippen molar-refractivity contribution in [2.45, 2.75) is 218 Å². The van der Waals surface area contributed by atoms with Crippen molar-refractivity contribution in [1.29, 1.82) is 0 Å². The zero-order valence-electron chi connectivity index (χ0n) is 30.0. The quantitative estimate of drug-likeness (QED) is 0.0412. The van der Waals surface area contributed by atoms with Gasteiger partial charge in [0.15, 0.2) is 0 Å². The fraction of sp³-hybridized carbons (Fsp3) is 0.875. The topological polar surface area (TPSA) is 89.8 Å². The van der Waals surface area contributed by atoms with Gasteiger partial charge in [0.25, 0.3) is 0 Å². The van der Waals surface area contributed by atoms with Gasteiger partial charge in [-0.25, -0.2) is 0 Å². The largest absolute Gasteiger partial charge is 0.394 e. The molecule has 0 heterocycles. The van der Waals surface area contributed by atoms with Gasteiger partial charge in [0.05, 0.1) is 31.3 Å². The summed E-state index contributed by atoms with van der Waals surface area (Å²) in [7, 11) is 0. The minimum Gasteiger partial charge on any atom is -0.394 e. The van der Waals surface area contributed by atoms with E-state index in [1.165, 1.54) is 141 Å². The van der Waals surface area contributed by atoms with E-state index in [1.807, 2.05) is 6.08 Å². The number of hydrogen-bond acceptors (Lipinski definition) is 4. The van der Waals surface area contributed by atoms with Gasteiger partial charge in [-0.2, -0.15) is 0 Å². The molecule has 45 heavy (non-hydrogen) atoms. The summed E-state index contributed by atoms with van der Waals surface area (Å²) in [6, 6.07) is -0.756. The molecule has 3 unspecified atom stereocenters. The molecule has 0 aromatic heterocycles. The molecule has 0 aromatic carbocycles. The minimum atomic E-state index is -0.947. The molecule has 0 aromatic rings. The van der Waals surface area contributed by atoms with E-state index in [0.717, 1.165) is 32.1 Å². The Labute approximate surface area is 280 Å². The maximum atomic E-state index is 12.4. The molecule has 3 atom stereocenters. The van der Waals surface area contributed by atoms with E-state index in [9.17, 15) is 20.1 Å². The minimum absolute atomic E-state index is 0.00925. The summed E-state index contributed by atoms with van der Waals surface area (Å²) >= 11 is 0. The van der Waals surface area contributed by atoms with Gasteiger partial charge in [-0.1, -0.05) is 186 Å². The number of aliphatic hydroxyl groups excluding tert-OH is 3. The molecule has 0 aliphatic heterocycles. The lowest BCUT2D eigenvalue weighted by atomic mass is 10.0. The van der Waals surface area contributed by atoms with E-state index in [1.54, 1.807) is 6.08 Å². The molecule has 0 radical (unpaired) electrons. The van der Waals surface area contributed by atoms with Crippen molar-refractivity contribution in [3.63, 3.8) is 0 Å². The third kappa shape index (κ3) is 32.6. The molecule has 4 N–H and O–H groups in total. The lowest BCUT2D eigenvalue weighted by molar-refractivity contribution is -0.124. The summed E-state index contributed by atoms with van der Waals surface area (Å²) in [5.74, 6) is -0.325. The number of unbranched alkanes of at least 4 members (excludes halogenated alkanes) is 24. The third-order valence-corrected chi connectivity index (χ3v) is 8.99. The first kappa shape index (κ1) is 43.8. The number of amides is 1. The SMILES string of the molecule is CCCCCCCCCC/C=C/CC/C=C/C(O)C(CO)NC(=O)CC(O)CCCCCCCCCCCCCCCCCC. The van der Waals surface area contributed by atoms with Crippen molar-refractivity contribution in [3.05, 3.63) is 24.3 Å². The normalized spacial score (nSPS) is 14.0. The fourth-order valence-corrected chi connectivity index (χ4v) is 5.94. The number of hydrogen-bond donors (Lipinski definition) is 4. The average Bonchev–Trinajstić information content (AvgIpc) is 3.03. The van der Waals surface area contributed by atoms with Crippen LogP contribution in [0.4, 0.5) is 0 Å². The summed E-state index contributed by atoms with van der Waals surface area (Å²) in [5.41, 5.74) is 0. The fourth-order valence-electron chi connectivity index (χ4n) is 5.94. The van der Waals surface area contributed by atoms with E-state index >= 15 is 0 Å². The molecule has 5 nitrogen and oxygen atoms in total. The van der Waals surface area contributed by atoms with Crippen molar-refractivity contribution >= 4 is 5.91 Å². The number of nitrogens with one attached hydrogen (secondary N) is 1. The smallest absolute Gasteiger partial charge is 0.222 e. The second-order valence-corrected chi connectivity index (χ2v) is 13.5. The molecule has 5 heteroatoms. The Morgan fingerprint density at radius 2 is 0.956 bits per heavy atom. The van der Waals surface area contributed by atoms with Crippen molar-refractivity contribution in [3.8, 4) is 0 Å². The lowest BCUT2D eigenvalue weighted by Crippen LogP contribution is -2.45. The first-order valence-electron chi connectivity index (χ1n) is 19.6. The van der Waals surface area contributed by atoms with E-state index in [0.29, 0.717) is 6.42 Å². The van der Waals surface area contributed by atoms with Gasteiger partial charge >= 0.3 is 0 Å². The number of allylic oxidation sites excluding steroid dienone is 3. The maximum absolute atomic E-state index is 12.4. The van der Waals surface area contributed by atoms with E-state index < -0.39 is 18.2 Å². The van der Waals surface area contributed by atoms with Crippen LogP contribution in [-0.2, 0) is 4.79 Å². The first-order valence-corrected chi connectivity index (χ1v) is 19.6. The van der Waals surface area contributed by atoms with E-state index in [4.69, 9.17) is 0 Å². The highest BCUT2D eigenvalue weighted by atomic mass is 16.3. The van der Waals surface area contributed by atoms with E-state index in [2.05, 4.69) is 31.3 Å². The standard InChI is InChI=1S/C40H77NO4/c1-3-5-7-9-11-13-15-17-19-20-21-23-25-27-29-31-33-37(43)35-40(45)41-38(36-42)39(44)34-32-30-28-26-24-22-18-16-14-12-10-8-6-4-2/h24,26,32,34,37-39,42-44H,3-23,25,27-31,33,35-36H2,1-2H3,(H,41,45)/b26-24+,34-32+. The molecule has 1 amide bonds. The number of carbonyl (C=O) groups excluding carboxylic acids is 1. The van der Waals surface area contributed by atoms with Gasteiger partial charge in [0.2, 0.25) is 5.91 Å². The van der Waals surface area contributed by atoms with E-state index in [-0.39, 0.29) is 18.9 Å². The van der Waals surface area contributed by atoms with Crippen molar-refractivity contribution in [2.24, 2.45) is 0 Å². The zero-order chi connectivity index (χ0) is 33.1. The highest BCUT2D eigenvalue weighted by molar-refractivity contribution is 5.76. The Kier molecular flexibility index (Phi) is 34.8. The monoisotopic (exact) mass is 636 g/mol. The molecule has 0 spiro atoms. The summed E-state index contributed by atoms with van der Waals surface area (Å²) in [4.78, 5) is 12.4. The zero-order valence-corrected chi connectivity index (χ0v) is 30.0. The second kappa shape index (κ2) is 35.7. The van der Waals surface area contributed by atoms with Crippen LogP contribution in [0.1, 0.15) is 200 Å².